The molecule has 1 heterocycles. The van der Waals surface area contributed by atoms with Crippen molar-refractivity contribution >= 4 is 46.9 Å². The van der Waals surface area contributed by atoms with Crippen molar-refractivity contribution in [1.29, 1.82) is 0 Å². The number of carbonyl (C=O) groups is 4. The van der Waals surface area contributed by atoms with Gasteiger partial charge in [-0.25, -0.2) is 19.2 Å². The second-order valence-corrected chi connectivity index (χ2v) is 27.0. The third-order valence-corrected chi connectivity index (χ3v) is 21.1. The molecule has 0 N–H and O–H groups in total. The molecule has 0 unspecified atom stereocenters. The summed E-state index contributed by atoms with van der Waals surface area (Å²) < 4.78 is 83.0. The molecule has 0 atom stereocenters. The van der Waals surface area contributed by atoms with Gasteiger partial charge in [0, 0.05) is 22.3 Å². The van der Waals surface area contributed by atoms with Crippen LogP contribution in [0.4, 0.5) is 0 Å². The van der Waals surface area contributed by atoms with Crippen molar-refractivity contribution in [2.45, 2.75) is 105 Å². The summed E-state index contributed by atoms with van der Waals surface area (Å²) in [6.45, 7) is 22.0. The maximum absolute atomic E-state index is 12.3. The lowest BCUT2D eigenvalue weighted by molar-refractivity contribution is -0.139. The molecule has 88 heavy (non-hydrogen) atoms. The zero-order valence-corrected chi connectivity index (χ0v) is 53.2. The van der Waals surface area contributed by atoms with Gasteiger partial charge in [-0.1, -0.05) is 149 Å². The first kappa shape index (κ1) is 67.2. The van der Waals surface area contributed by atoms with Crippen LogP contribution >= 0.6 is 23.0 Å². The second-order valence-electron chi connectivity index (χ2n) is 20.8. The van der Waals surface area contributed by atoms with Gasteiger partial charge in [0.05, 0.1) is 26.4 Å². The molecule has 7 rings (SSSR count). The van der Waals surface area contributed by atoms with Crippen molar-refractivity contribution in [2.24, 2.45) is 13.5 Å². The van der Waals surface area contributed by atoms with E-state index in [1.54, 1.807) is 52.0 Å². The van der Waals surface area contributed by atoms with Crippen LogP contribution in [0.5, 0.6) is 34.5 Å². The molecule has 464 valence electrons. The third kappa shape index (κ3) is 20.9. The van der Waals surface area contributed by atoms with E-state index in [2.05, 4.69) is 26.3 Å². The molecule has 1 aliphatic rings. The first-order valence-corrected chi connectivity index (χ1v) is 33.9. The molecule has 20 heteroatoms. The Morgan fingerprint density at radius 1 is 0.307 bits per heavy atom. The van der Waals surface area contributed by atoms with Gasteiger partial charge in [-0.15, -0.1) is 0 Å². The Morgan fingerprint density at radius 3 is 0.761 bits per heavy atom. The van der Waals surface area contributed by atoms with Gasteiger partial charge < -0.3 is 46.1 Å². The van der Waals surface area contributed by atoms with Gasteiger partial charge in [-0.05, 0) is 176 Å². The first-order chi connectivity index (χ1) is 42.5. The van der Waals surface area contributed by atoms with Crippen LogP contribution in [0, 0.1) is 0 Å². The fraction of sp³-hybridized carbons (Fsp3) is 0.294. The van der Waals surface area contributed by atoms with E-state index in [-0.39, 0.29) is 26.4 Å². The zero-order chi connectivity index (χ0) is 62.8. The van der Waals surface area contributed by atoms with Gasteiger partial charge in [0.15, 0.2) is 0 Å². The minimum absolute atomic E-state index is 0.185. The number of ether oxygens (including phenoxy) is 4. The topological polar surface area (TPSA) is 198 Å². The Kier molecular flexibility index (Phi) is 25.7. The fourth-order valence-corrected chi connectivity index (χ4v) is 17.7. The number of rotatable bonds is 36. The summed E-state index contributed by atoms with van der Waals surface area (Å²) in [4.78, 5) is 49.4. The number of hydrogen-bond donors (Lipinski definition) is 0. The van der Waals surface area contributed by atoms with Crippen LogP contribution in [0.2, 0.25) is 0 Å². The maximum atomic E-state index is 12.3. The molecule has 0 spiro atoms. The monoisotopic (exact) mass is 1250 g/mol. The van der Waals surface area contributed by atoms with Gasteiger partial charge in [0.1, 0.15) is 34.5 Å². The summed E-state index contributed by atoms with van der Waals surface area (Å²) in [6, 6.07) is 48.2. The molecule has 6 aromatic carbocycles. The van der Waals surface area contributed by atoms with Crippen molar-refractivity contribution in [3.05, 3.63) is 229 Å². The van der Waals surface area contributed by atoms with Gasteiger partial charge in [-0.3, -0.25) is 0 Å². The largest absolute Gasteiger partial charge is 0.462 e. The van der Waals surface area contributed by atoms with Crippen LogP contribution in [-0.4, -0.2) is 50.3 Å². The van der Waals surface area contributed by atoms with Crippen LogP contribution in [0.15, 0.2) is 220 Å². The number of esters is 4. The van der Waals surface area contributed by atoms with Crippen molar-refractivity contribution < 1.29 is 65.3 Å². The summed E-state index contributed by atoms with van der Waals surface area (Å²) in [6.07, 6.45) is 6.45. The van der Waals surface area contributed by atoms with Crippen LogP contribution in [0.1, 0.15) is 101 Å². The molecule has 0 saturated heterocycles. The summed E-state index contributed by atoms with van der Waals surface area (Å²) in [5, 5.41) is 0. The number of unbranched alkanes of at least 4 members (excludes halogenated alkanes) is 4. The standard InChI is InChI=1S/C68H78N3O14P3/c1-51(2)65(72)76-47-27-23-35-55-31-15-19-43-61(55)82-87(83-62-44-20-16-32-56(62)36-24-28-48-77-66(73)52(3)4)69-86(80-59-39-11-9-12-40-59,81-60-41-13-10-14-42-60)70-88(71-87,84-63-45-21-17-33-57(63)37-25-29-49-78-67(74)53(5)6)85-64-46-22-18-34-58(64)38-26-30-50-79-68(75)54(7)8/h9-22,31-34,39-46H,1,3,5,7,23-30,35-38,47-50H2,2,4,6,8H3. The van der Waals surface area contributed by atoms with Crippen LogP contribution < -0.4 is 27.1 Å². The average Bonchev–Trinajstić information content (AvgIpc) is 0.817. The highest BCUT2D eigenvalue weighted by atomic mass is 31.3. The quantitative estimate of drug-likeness (QED) is 0.0118. The predicted octanol–water partition coefficient (Wildman–Crippen LogP) is 18.1. The molecule has 0 aromatic heterocycles. The van der Waals surface area contributed by atoms with E-state index in [4.69, 9.17) is 59.6 Å². The van der Waals surface area contributed by atoms with Gasteiger partial charge in [0.25, 0.3) is 0 Å². The average molecular weight is 1250 g/mol. The molecule has 0 bridgehead atoms. The minimum atomic E-state index is -4.46. The number of aryl methyl sites for hydroxylation is 4. The summed E-state index contributed by atoms with van der Waals surface area (Å²) in [5.74, 6) is 0.336. The van der Waals surface area contributed by atoms with Crippen LogP contribution in [0.3, 0.4) is 0 Å². The normalized spacial score (nSPS) is 13.3. The number of hydrogen-bond acceptors (Lipinski definition) is 17. The highest BCUT2D eigenvalue weighted by molar-refractivity contribution is 7.79. The summed E-state index contributed by atoms with van der Waals surface area (Å²) >= 11 is 0. The number of benzene rings is 6. The Bertz CT molecular complexity index is 3220. The number of para-hydroxylation sites is 6. The van der Waals surface area contributed by atoms with E-state index in [1.165, 1.54) is 0 Å². The number of carbonyl (C=O) groups excluding carboxylic acids is 4. The van der Waals surface area contributed by atoms with E-state index < -0.39 is 46.9 Å². The van der Waals surface area contributed by atoms with E-state index in [9.17, 15) is 19.2 Å². The predicted molar refractivity (Wildman–Crippen MR) is 345 cm³/mol. The summed E-state index contributed by atoms with van der Waals surface area (Å²) in [7, 11) is -13.3. The van der Waals surface area contributed by atoms with Crippen molar-refractivity contribution in [3.63, 3.8) is 0 Å². The lowest BCUT2D eigenvalue weighted by Gasteiger charge is -2.34. The molecule has 0 amide bonds. The second kappa shape index (κ2) is 33.7. The summed E-state index contributed by atoms with van der Waals surface area (Å²) in [5.41, 5.74) is 4.32. The van der Waals surface area contributed by atoms with E-state index >= 15 is 0 Å². The van der Waals surface area contributed by atoms with E-state index in [1.807, 2.05) is 133 Å². The van der Waals surface area contributed by atoms with Gasteiger partial charge in [0.2, 0.25) is 0 Å². The molecule has 1 aliphatic heterocycles. The molecular formula is C68H78N3O14P3. The highest BCUT2D eigenvalue weighted by Crippen LogP contribution is 2.79. The maximum Gasteiger partial charge on any atom is 0.460 e. The molecule has 0 fully saturated rings. The van der Waals surface area contributed by atoms with Crippen LogP contribution in [0.25, 0.3) is 0 Å². The van der Waals surface area contributed by atoms with E-state index in [0.717, 1.165) is 22.3 Å². The fourth-order valence-electron chi connectivity index (χ4n) is 8.53. The van der Waals surface area contributed by atoms with Crippen molar-refractivity contribution in [3.8, 4) is 34.5 Å². The van der Waals surface area contributed by atoms with E-state index in [0.29, 0.717) is 134 Å². The van der Waals surface area contributed by atoms with Crippen LogP contribution in [-0.2, 0) is 63.8 Å². The van der Waals surface area contributed by atoms with Crippen molar-refractivity contribution in [2.75, 3.05) is 26.4 Å². The Hall–Kier alpha value is -8.35. The Balaban J connectivity index is 1.48. The van der Waals surface area contributed by atoms with Crippen molar-refractivity contribution in [1.82, 2.24) is 0 Å². The number of nitrogens with zero attached hydrogens (tertiary/aromatic N) is 3. The molecule has 0 aliphatic carbocycles. The lowest BCUT2D eigenvalue weighted by Crippen LogP contribution is -2.13. The highest BCUT2D eigenvalue weighted by Gasteiger charge is 2.49. The molecule has 0 saturated carbocycles. The zero-order valence-electron chi connectivity index (χ0n) is 50.6. The first-order valence-electron chi connectivity index (χ1n) is 29.3. The Morgan fingerprint density at radius 2 is 0.523 bits per heavy atom. The smallest absolute Gasteiger partial charge is 0.460 e. The molecule has 6 aromatic rings. The Labute approximate surface area is 517 Å². The molecular weight excluding hydrogens is 1180 g/mol. The minimum Gasteiger partial charge on any atom is -0.462 e. The van der Waals surface area contributed by atoms with Gasteiger partial charge in [-0.2, -0.15) is 0 Å². The molecule has 17 nitrogen and oxygen atoms in total. The lowest BCUT2D eigenvalue weighted by atomic mass is 10.1. The third-order valence-electron chi connectivity index (χ3n) is 13.1. The molecule has 0 radical (unpaired) electrons. The van der Waals surface area contributed by atoms with Gasteiger partial charge >= 0.3 is 46.9 Å². The SMILES string of the molecule is C=C(C)C(=O)OCCCCc1ccccc1OP1(Oc2ccccc2CCCCOC(=O)C(=C)C)=NP(Oc2ccccc2)(Oc2ccccc2)=NP(Oc2ccccc2CCCCOC(=O)C(=C)C)(Oc2ccccc2CCCCOC(=O)C(=C)C)=N1.